The van der Waals surface area contributed by atoms with Gasteiger partial charge in [-0.1, -0.05) is 26.8 Å². The van der Waals surface area contributed by atoms with Crippen LogP contribution in [0.25, 0.3) is 0 Å². The van der Waals surface area contributed by atoms with E-state index in [9.17, 15) is 12.8 Å². The maximum atomic E-state index is 13.3. The number of nitrogens with one attached hydrogen (secondary N) is 1. The van der Waals surface area contributed by atoms with Gasteiger partial charge in [0.1, 0.15) is 5.82 Å². The van der Waals surface area contributed by atoms with Crippen molar-refractivity contribution in [2.75, 3.05) is 0 Å². The van der Waals surface area contributed by atoms with Crippen LogP contribution in [0.3, 0.4) is 0 Å². The minimum Gasteiger partial charge on any atom is -0.326 e. The van der Waals surface area contributed by atoms with E-state index in [-0.39, 0.29) is 22.9 Å². The molecule has 1 rings (SSSR count). The molecule has 4 nitrogen and oxygen atoms in total. The van der Waals surface area contributed by atoms with E-state index in [0.29, 0.717) is 5.56 Å². The van der Waals surface area contributed by atoms with Crippen LogP contribution in [-0.4, -0.2) is 14.5 Å². The van der Waals surface area contributed by atoms with Gasteiger partial charge in [0, 0.05) is 12.6 Å². The molecule has 19 heavy (non-hydrogen) atoms. The van der Waals surface area contributed by atoms with Gasteiger partial charge in [-0.3, -0.25) is 0 Å². The standard InChI is InChI=1S/C13H21FN2O2S/c1-9(13(2,3)4)16-19(17,18)12-7-11(14)6-5-10(12)8-15/h5-7,9,16H,8,15H2,1-4H3. The highest BCUT2D eigenvalue weighted by Gasteiger charge is 2.27. The highest BCUT2D eigenvalue weighted by molar-refractivity contribution is 7.89. The fraction of sp³-hybridized carbons (Fsp3) is 0.538. The molecule has 108 valence electrons. The second-order valence-electron chi connectivity index (χ2n) is 5.67. The van der Waals surface area contributed by atoms with Crippen LogP contribution in [0.1, 0.15) is 33.3 Å². The van der Waals surface area contributed by atoms with Crippen LogP contribution >= 0.6 is 0 Å². The Kier molecular flexibility index (Phi) is 4.71. The van der Waals surface area contributed by atoms with Gasteiger partial charge in [-0.15, -0.1) is 0 Å². The molecule has 0 aliphatic carbocycles. The van der Waals surface area contributed by atoms with Crippen molar-refractivity contribution < 1.29 is 12.8 Å². The van der Waals surface area contributed by atoms with E-state index in [2.05, 4.69) is 4.72 Å². The van der Waals surface area contributed by atoms with Crippen molar-refractivity contribution in [2.24, 2.45) is 11.1 Å². The van der Waals surface area contributed by atoms with Crippen LogP contribution in [-0.2, 0) is 16.6 Å². The SMILES string of the molecule is CC(NS(=O)(=O)c1cc(F)ccc1CN)C(C)(C)C. The van der Waals surface area contributed by atoms with Crippen molar-refractivity contribution in [2.45, 2.75) is 45.2 Å². The average Bonchev–Trinajstić information content (AvgIpc) is 2.27. The average molecular weight is 288 g/mol. The minimum atomic E-state index is -3.78. The highest BCUT2D eigenvalue weighted by atomic mass is 32.2. The summed E-state index contributed by atoms with van der Waals surface area (Å²) >= 11 is 0. The topological polar surface area (TPSA) is 72.2 Å². The molecule has 0 spiro atoms. The lowest BCUT2D eigenvalue weighted by molar-refractivity contribution is 0.317. The van der Waals surface area contributed by atoms with Gasteiger partial charge in [0.05, 0.1) is 4.90 Å². The van der Waals surface area contributed by atoms with Gasteiger partial charge in [0.25, 0.3) is 0 Å². The van der Waals surface area contributed by atoms with E-state index in [1.807, 2.05) is 20.8 Å². The molecule has 0 amide bonds. The van der Waals surface area contributed by atoms with Crippen molar-refractivity contribution in [3.8, 4) is 0 Å². The Balaban J connectivity index is 3.17. The smallest absolute Gasteiger partial charge is 0.241 e. The van der Waals surface area contributed by atoms with Gasteiger partial charge >= 0.3 is 0 Å². The largest absolute Gasteiger partial charge is 0.326 e. The molecule has 1 aromatic rings. The molecule has 0 fully saturated rings. The lowest BCUT2D eigenvalue weighted by Crippen LogP contribution is -2.41. The third-order valence-electron chi connectivity index (χ3n) is 3.17. The molecule has 0 radical (unpaired) electrons. The minimum absolute atomic E-state index is 0.0421. The summed E-state index contributed by atoms with van der Waals surface area (Å²) in [4.78, 5) is -0.0916. The Bertz CT molecular complexity index is 550. The van der Waals surface area contributed by atoms with Gasteiger partial charge in [0.2, 0.25) is 10.0 Å². The molecule has 1 unspecified atom stereocenters. The van der Waals surface area contributed by atoms with E-state index >= 15 is 0 Å². The van der Waals surface area contributed by atoms with E-state index in [0.717, 1.165) is 6.07 Å². The van der Waals surface area contributed by atoms with Gasteiger partial charge in [-0.25, -0.2) is 17.5 Å². The lowest BCUT2D eigenvalue weighted by atomic mass is 9.89. The van der Waals surface area contributed by atoms with E-state index in [1.54, 1.807) is 6.92 Å². The third kappa shape index (κ3) is 3.99. The normalized spacial score (nSPS) is 14.4. The first-order valence-electron chi connectivity index (χ1n) is 6.09. The number of hydrogen-bond donors (Lipinski definition) is 2. The maximum Gasteiger partial charge on any atom is 0.241 e. The molecule has 0 aromatic heterocycles. The summed E-state index contributed by atoms with van der Waals surface area (Å²) in [5.41, 5.74) is 5.66. The third-order valence-corrected chi connectivity index (χ3v) is 4.79. The number of halogens is 1. The second-order valence-corrected chi connectivity index (χ2v) is 7.35. The summed E-state index contributed by atoms with van der Waals surface area (Å²) in [7, 11) is -3.78. The zero-order chi connectivity index (χ0) is 14.8. The quantitative estimate of drug-likeness (QED) is 0.890. The molecule has 3 N–H and O–H groups in total. The Morgan fingerprint density at radius 1 is 1.37 bits per heavy atom. The first kappa shape index (κ1) is 16.1. The van der Waals surface area contributed by atoms with E-state index < -0.39 is 15.8 Å². The first-order chi connectivity index (χ1) is 8.58. The summed E-state index contributed by atoms with van der Waals surface area (Å²) in [6.07, 6.45) is 0. The van der Waals surface area contributed by atoms with Crippen LogP contribution in [0.4, 0.5) is 4.39 Å². The molecule has 0 heterocycles. The highest BCUT2D eigenvalue weighted by Crippen LogP contribution is 2.23. The molecule has 0 aliphatic heterocycles. The van der Waals surface area contributed by atoms with Crippen LogP contribution < -0.4 is 10.5 Å². The van der Waals surface area contributed by atoms with Crippen molar-refractivity contribution in [3.63, 3.8) is 0 Å². The predicted molar refractivity (Wildman–Crippen MR) is 73.5 cm³/mol. The molecule has 1 atom stereocenters. The van der Waals surface area contributed by atoms with Gasteiger partial charge in [0.15, 0.2) is 0 Å². The van der Waals surface area contributed by atoms with Crippen LogP contribution in [0.5, 0.6) is 0 Å². The first-order valence-corrected chi connectivity index (χ1v) is 7.57. The molecule has 0 aliphatic rings. The van der Waals surface area contributed by atoms with Gasteiger partial charge < -0.3 is 5.73 Å². The van der Waals surface area contributed by atoms with Gasteiger partial charge in [-0.2, -0.15) is 0 Å². The number of sulfonamides is 1. The maximum absolute atomic E-state index is 13.3. The summed E-state index contributed by atoms with van der Waals surface area (Å²) in [5, 5.41) is 0. The molecular weight excluding hydrogens is 267 g/mol. The van der Waals surface area contributed by atoms with E-state index in [4.69, 9.17) is 5.73 Å². The summed E-state index contributed by atoms with van der Waals surface area (Å²) < 4.78 is 40.4. The van der Waals surface area contributed by atoms with Crippen LogP contribution in [0.15, 0.2) is 23.1 Å². The number of hydrogen-bond acceptors (Lipinski definition) is 3. The zero-order valence-electron chi connectivity index (χ0n) is 11.7. The Morgan fingerprint density at radius 3 is 2.42 bits per heavy atom. The van der Waals surface area contributed by atoms with Crippen molar-refractivity contribution >= 4 is 10.0 Å². The molecule has 1 aromatic carbocycles. The molecular formula is C13H21FN2O2S. The lowest BCUT2D eigenvalue weighted by Gasteiger charge is -2.28. The van der Waals surface area contributed by atoms with Crippen LogP contribution in [0, 0.1) is 11.2 Å². The molecule has 0 saturated carbocycles. The summed E-state index contributed by atoms with van der Waals surface area (Å²) in [5.74, 6) is -0.596. The monoisotopic (exact) mass is 288 g/mol. The van der Waals surface area contributed by atoms with E-state index in [1.165, 1.54) is 12.1 Å². The van der Waals surface area contributed by atoms with Crippen LogP contribution in [0.2, 0.25) is 0 Å². The number of rotatable bonds is 4. The molecule has 6 heteroatoms. The predicted octanol–water partition coefficient (Wildman–Crippen LogP) is 2.00. The Labute approximate surface area is 114 Å². The van der Waals surface area contributed by atoms with Gasteiger partial charge in [-0.05, 0) is 30.0 Å². The summed E-state index contributed by atoms with van der Waals surface area (Å²) in [6, 6.07) is 3.31. The van der Waals surface area contributed by atoms with Crippen molar-refractivity contribution in [1.29, 1.82) is 0 Å². The summed E-state index contributed by atoms with van der Waals surface area (Å²) in [6.45, 7) is 7.60. The molecule has 0 bridgehead atoms. The Morgan fingerprint density at radius 2 is 1.95 bits per heavy atom. The zero-order valence-corrected chi connectivity index (χ0v) is 12.5. The fourth-order valence-electron chi connectivity index (χ4n) is 1.42. The number of nitrogens with two attached hydrogens (primary N) is 1. The second kappa shape index (κ2) is 5.56. The van der Waals surface area contributed by atoms with Crippen molar-refractivity contribution in [1.82, 2.24) is 4.72 Å². The fourth-order valence-corrected chi connectivity index (χ4v) is 3.13. The number of benzene rings is 1. The molecule has 0 saturated heterocycles. The van der Waals surface area contributed by atoms with Crippen molar-refractivity contribution in [3.05, 3.63) is 29.6 Å². The Hall–Kier alpha value is -0.980.